The second kappa shape index (κ2) is 10.3. The monoisotopic (exact) mass is 523 g/mol. The molecule has 10 heteroatoms. The van der Waals surface area contributed by atoms with Gasteiger partial charge in [-0.05, 0) is 24.3 Å². The maximum absolute atomic E-state index is 5.50. The van der Waals surface area contributed by atoms with Crippen molar-refractivity contribution in [2.24, 2.45) is 4.99 Å². The summed E-state index contributed by atoms with van der Waals surface area (Å²) in [6.45, 7) is 4.03. The summed E-state index contributed by atoms with van der Waals surface area (Å²) in [5.41, 5.74) is 1.13. The molecule has 0 unspecified atom stereocenters. The number of piperazine rings is 1. The lowest BCUT2D eigenvalue weighted by atomic mass is 10.2. The maximum atomic E-state index is 5.50. The van der Waals surface area contributed by atoms with Gasteiger partial charge in [-0.3, -0.25) is 10.1 Å². The molecule has 0 aliphatic carbocycles. The van der Waals surface area contributed by atoms with Gasteiger partial charge < -0.3 is 24.3 Å². The molecule has 0 spiro atoms. The summed E-state index contributed by atoms with van der Waals surface area (Å²) in [5, 5.41) is 10.5. The van der Waals surface area contributed by atoms with Crippen molar-refractivity contribution in [3.63, 3.8) is 0 Å². The smallest absolute Gasteiger partial charge is 0.216 e. The Morgan fingerprint density at radius 3 is 2.70 bits per heavy atom. The van der Waals surface area contributed by atoms with Gasteiger partial charge >= 0.3 is 0 Å². The van der Waals surface area contributed by atoms with Crippen molar-refractivity contribution in [1.82, 2.24) is 25.4 Å². The van der Waals surface area contributed by atoms with Gasteiger partial charge in [0.15, 0.2) is 11.7 Å². The van der Waals surface area contributed by atoms with Crippen LogP contribution in [0.4, 0.5) is 5.69 Å². The number of nitrogens with one attached hydrogen (secondary N) is 2. The van der Waals surface area contributed by atoms with Gasteiger partial charge in [0.1, 0.15) is 11.6 Å². The Hall–Kier alpha value is -2.76. The molecule has 3 heterocycles. The SMILES string of the molecule is CN=C(NCc1nc(-c2ccco2)n[nH]1)N1CCN(c2ccccc2OC)CC1.I. The number of guanidine groups is 1. The lowest BCUT2D eigenvalue weighted by Crippen LogP contribution is -2.52. The van der Waals surface area contributed by atoms with E-state index in [9.17, 15) is 0 Å². The molecule has 1 fully saturated rings. The lowest BCUT2D eigenvalue weighted by molar-refractivity contribution is 0.366. The standard InChI is InChI=1S/C20H25N7O2.HI/c1-21-20(22-14-18-23-19(25-24-18)17-8-5-13-29-17)27-11-9-26(10-12-27)15-6-3-4-7-16(15)28-2;/h3-8,13H,9-12,14H2,1-2H3,(H,21,22)(H,23,24,25);1H. The minimum Gasteiger partial charge on any atom is -0.495 e. The number of aliphatic imine (C=N–C) groups is 1. The van der Waals surface area contributed by atoms with Crippen LogP contribution in [0, 0.1) is 0 Å². The zero-order valence-electron chi connectivity index (χ0n) is 17.0. The van der Waals surface area contributed by atoms with Crippen molar-refractivity contribution in [2.45, 2.75) is 6.54 Å². The van der Waals surface area contributed by atoms with Gasteiger partial charge in [-0.25, -0.2) is 4.98 Å². The summed E-state index contributed by atoms with van der Waals surface area (Å²) >= 11 is 0. The zero-order chi connectivity index (χ0) is 20.1. The van der Waals surface area contributed by atoms with Gasteiger partial charge in [0.05, 0.1) is 25.6 Å². The van der Waals surface area contributed by atoms with Gasteiger partial charge in [-0.15, -0.1) is 29.1 Å². The topological polar surface area (TPSA) is 94.8 Å². The highest BCUT2D eigenvalue weighted by atomic mass is 127. The number of benzene rings is 1. The van der Waals surface area contributed by atoms with E-state index >= 15 is 0 Å². The molecule has 1 aliphatic heterocycles. The Kier molecular flexibility index (Phi) is 7.55. The molecule has 0 bridgehead atoms. The highest BCUT2D eigenvalue weighted by Crippen LogP contribution is 2.28. The number of hydrogen-bond donors (Lipinski definition) is 2. The number of halogens is 1. The Bertz CT molecular complexity index is 950. The summed E-state index contributed by atoms with van der Waals surface area (Å²) in [7, 11) is 3.51. The van der Waals surface area contributed by atoms with Gasteiger partial charge in [0.2, 0.25) is 5.82 Å². The van der Waals surface area contributed by atoms with E-state index in [-0.39, 0.29) is 24.0 Å². The van der Waals surface area contributed by atoms with E-state index in [0.717, 1.165) is 49.4 Å². The number of hydrogen-bond acceptors (Lipinski definition) is 6. The third kappa shape index (κ3) is 4.86. The highest BCUT2D eigenvalue weighted by molar-refractivity contribution is 14.0. The minimum atomic E-state index is 0. The second-order valence-electron chi connectivity index (χ2n) is 6.63. The zero-order valence-corrected chi connectivity index (χ0v) is 19.4. The van der Waals surface area contributed by atoms with Crippen molar-refractivity contribution >= 4 is 35.6 Å². The molecular formula is C20H26IN7O2. The molecular weight excluding hydrogens is 497 g/mol. The summed E-state index contributed by atoms with van der Waals surface area (Å²) in [5.74, 6) is 3.67. The predicted molar refractivity (Wildman–Crippen MR) is 126 cm³/mol. The van der Waals surface area contributed by atoms with Gasteiger partial charge in [0.25, 0.3) is 0 Å². The largest absolute Gasteiger partial charge is 0.495 e. The number of furan rings is 1. The van der Waals surface area contributed by atoms with Crippen LogP contribution in [-0.4, -0.2) is 66.4 Å². The van der Waals surface area contributed by atoms with E-state index in [1.807, 2.05) is 30.3 Å². The van der Waals surface area contributed by atoms with Crippen LogP contribution in [0.1, 0.15) is 5.82 Å². The molecule has 1 aromatic carbocycles. The molecule has 0 saturated carbocycles. The number of nitrogens with zero attached hydrogens (tertiary/aromatic N) is 5. The van der Waals surface area contributed by atoms with Crippen LogP contribution in [-0.2, 0) is 6.54 Å². The first-order chi connectivity index (χ1) is 14.3. The fraction of sp³-hybridized carbons (Fsp3) is 0.350. The summed E-state index contributed by atoms with van der Waals surface area (Å²) in [6.07, 6.45) is 1.61. The molecule has 4 rings (SSSR count). The summed E-state index contributed by atoms with van der Waals surface area (Å²) in [4.78, 5) is 13.5. The van der Waals surface area contributed by atoms with E-state index < -0.39 is 0 Å². The highest BCUT2D eigenvalue weighted by Gasteiger charge is 2.21. The average molecular weight is 523 g/mol. The van der Waals surface area contributed by atoms with Gasteiger partial charge in [-0.2, -0.15) is 0 Å². The van der Waals surface area contributed by atoms with Crippen molar-refractivity contribution in [3.8, 4) is 17.3 Å². The molecule has 0 radical (unpaired) electrons. The number of aromatic amines is 1. The van der Waals surface area contributed by atoms with Crippen LogP contribution in [0.15, 0.2) is 52.1 Å². The molecule has 9 nitrogen and oxygen atoms in total. The predicted octanol–water partition coefficient (Wildman–Crippen LogP) is 2.59. The first-order valence-corrected chi connectivity index (χ1v) is 9.57. The van der Waals surface area contributed by atoms with Crippen LogP contribution < -0.4 is 15.0 Å². The number of anilines is 1. The van der Waals surface area contributed by atoms with E-state index in [0.29, 0.717) is 18.1 Å². The number of rotatable bonds is 5. The third-order valence-corrected chi connectivity index (χ3v) is 4.90. The van der Waals surface area contributed by atoms with E-state index in [4.69, 9.17) is 9.15 Å². The Labute approximate surface area is 192 Å². The summed E-state index contributed by atoms with van der Waals surface area (Å²) < 4.78 is 10.8. The van der Waals surface area contributed by atoms with Crippen molar-refractivity contribution in [2.75, 3.05) is 45.2 Å². The van der Waals surface area contributed by atoms with Crippen molar-refractivity contribution in [3.05, 3.63) is 48.5 Å². The number of methoxy groups -OCH3 is 1. The van der Waals surface area contributed by atoms with E-state index in [1.54, 1.807) is 20.4 Å². The Morgan fingerprint density at radius 2 is 2.00 bits per heavy atom. The second-order valence-corrected chi connectivity index (χ2v) is 6.63. The summed E-state index contributed by atoms with van der Waals surface area (Å²) in [6, 6.07) is 11.8. The first kappa shape index (κ1) is 21.9. The van der Waals surface area contributed by atoms with Crippen LogP contribution in [0.2, 0.25) is 0 Å². The molecule has 30 heavy (non-hydrogen) atoms. The fourth-order valence-corrected chi connectivity index (χ4v) is 3.44. The lowest BCUT2D eigenvalue weighted by Gasteiger charge is -2.38. The normalized spacial score (nSPS) is 14.4. The van der Waals surface area contributed by atoms with Crippen LogP contribution in [0.25, 0.3) is 11.6 Å². The fourth-order valence-electron chi connectivity index (χ4n) is 3.44. The molecule has 3 aromatic rings. The number of H-pyrrole nitrogens is 1. The molecule has 2 aromatic heterocycles. The van der Waals surface area contributed by atoms with E-state index in [2.05, 4.69) is 41.4 Å². The van der Waals surface area contributed by atoms with E-state index in [1.165, 1.54) is 0 Å². The third-order valence-electron chi connectivity index (χ3n) is 4.90. The number of ether oxygens (including phenoxy) is 1. The van der Waals surface area contributed by atoms with Gasteiger partial charge in [0, 0.05) is 33.2 Å². The number of para-hydroxylation sites is 2. The van der Waals surface area contributed by atoms with Crippen LogP contribution in [0.5, 0.6) is 5.75 Å². The van der Waals surface area contributed by atoms with Crippen LogP contribution >= 0.6 is 24.0 Å². The van der Waals surface area contributed by atoms with Crippen molar-refractivity contribution in [1.29, 1.82) is 0 Å². The minimum absolute atomic E-state index is 0. The average Bonchev–Trinajstić information content (AvgIpc) is 3.47. The van der Waals surface area contributed by atoms with Crippen molar-refractivity contribution < 1.29 is 9.15 Å². The van der Waals surface area contributed by atoms with Gasteiger partial charge in [-0.1, -0.05) is 12.1 Å². The quantitative estimate of drug-likeness (QED) is 0.302. The molecule has 2 N–H and O–H groups in total. The Balaban J connectivity index is 0.00000256. The first-order valence-electron chi connectivity index (χ1n) is 9.57. The maximum Gasteiger partial charge on any atom is 0.216 e. The molecule has 0 amide bonds. The molecule has 1 aliphatic rings. The molecule has 0 atom stereocenters. The Morgan fingerprint density at radius 1 is 1.20 bits per heavy atom. The number of aromatic nitrogens is 3. The molecule has 160 valence electrons. The van der Waals surface area contributed by atoms with Crippen LogP contribution in [0.3, 0.4) is 0 Å². The molecule has 1 saturated heterocycles.